The molecule has 1 heterocycles. The molecule has 10 heavy (non-hydrogen) atoms. The first kappa shape index (κ1) is 6.61. The Labute approximate surface area is 58.4 Å². The highest BCUT2D eigenvalue weighted by Gasteiger charge is 1.81. The largest absolute Gasteiger partial charge is 0.299 e. The van der Waals surface area contributed by atoms with Crippen LogP contribution in [0.2, 0.25) is 0 Å². The van der Waals surface area contributed by atoms with Crippen molar-refractivity contribution in [2.45, 2.75) is 0 Å². The minimum atomic E-state index is 0.715. The maximum absolute atomic E-state index is 9.85. The molecule has 0 N–H and O–H groups in total. The standard InChI is InChI=1S/C7H6N2O/c10-3-1-2-7-4-8-6-9-5-7/h1-6H/b2-1+. The highest BCUT2D eigenvalue weighted by molar-refractivity contribution is 5.73. The zero-order chi connectivity index (χ0) is 7.23. The summed E-state index contributed by atoms with van der Waals surface area (Å²) in [5.74, 6) is 0. The van der Waals surface area contributed by atoms with Crippen molar-refractivity contribution in [2.24, 2.45) is 0 Å². The fourth-order valence-electron chi connectivity index (χ4n) is 0.547. The van der Waals surface area contributed by atoms with E-state index >= 15 is 0 Å². The van der Waals surface area contributed by atoms with E-state index in [1.54, 1.807) is 18.5 Å². The molecule has 0 aliphatic rings. The smallest absolute Gasteiger partial charge is 0.142 e. The van der Waals surface area contributed by atoms with Gasteiger partial charge in [0.1, 0.15) is 12.6 Å². The van der Waals surface area contributed by atoms with Gasteiger partial charge in [0.15, 0.2) is 0 Å². The molecule has 50 valence electrons. The predicted octanol–water partition coefficient (Wildman–Crippen LogP) is 0.689. The van der Waals surface area contributed by atoms with Gasteiger partial charge in [0.05, 0.1) is 0 Å². The monoisotopic (exact) mass is 134 g/mol. The topological polar surface area (TPSA) is 42.9 Å². The summed E-state index contributed by atoms with van der Waals surface area (Å²) in [5.41, 5.74) is 0.828. The molecule has 1 aromatic heterocycles. The zero-order valence-corrected chi connectivity index (χ0v) is 5.27. The third kappa shape index (κ3) is 1.78. The number of rotatable bonds is 2. The van der Waals surface area contributed by atoms with Gasteiger partial charge < -0.3 is 0 Å². The lowest BCUT2D eigenvalue weighted by Gasteiger charge is -1.85. The molecular formula is C7H6N2O. The fraction of sp³-hybridized carbons (Fsp3) is 0. The summed E-state index contributed by atoms with van der Waals surface area (Å²) >= 11 is 0. The molecular weight excluding hydrogens is 128 g/mol. The van der Waals surface area contributed by atoms with E-state index in [2.05, 4.69) is 9.97 Å². The molecule has 0 unspecified atom stereocenters. The molecule has 0 radical (unpaired) electrons. The normalized spacial score (nSPS) is 10.0. The molecule has 0 saturated heterocycles. The van der Waals surface area contributed by atoms with Crippen LogP contribution in [-0.4, -0.2) is 16.3 Å². The minimum Gasteiger partial charge on any atom is -0.299 e. The summed E-state index contributed by atoms with van der Waals surface area (Å²) in [6, 6.07) is 0. The molecule has 3 nitrogen and oxygen atoms in total. The van der Waals surface area contributed by atoms with Crippen LogP contribution in [0.3, 0.4) is 0 Å². The highest BCUT2D eigenvalue weighted by Crippen LogP contribution is 1.93. The Hall–Kier alpha value is -1.51. The Bertz CT molecular complexity index is 231. The van der Waals surface area contributed by atoms with Crippen LogP contribution < -0.4 is 0 Å². The first-order valence-corrected chi connectivity index (χ1v) is 2.80. The molecule has 1 rings (SSSR count). The maximum atomic E-state index is 9.85. The number of hydrogen-bond acceptors (Lipinski definition) is 3. The van der Waals surface area contributed by atoms with Gasteiger partial charge in [-0.3, -0.25) is 4.79 Å². The van der Waals surface area contributed by atoms with Gasteiger partial charge in [0.25, 0.3) is 0 Å². The molecule has 0 aliphatic carbocycles. The molecule has 0 aliphatic heterocycles. The van der Waals surface area contributed by atoms with E-state index in [0.29, 0.717) is 6.29 Å². The van der Waals surface area contributed by atoms with Crippen LogP contribution in [0.1, 0.15) is 5.56 Å². The Morgan fingerprint density at radius 3 is 2.60 bits per heavy atom. The summed E-state index contributed by atoms with van der Waals surface area (Å²) in [5, 5.41) is 0. The van der Waals surface area contributed by atoms with E-state index in [0.717, 1.165) is 5.56 Å². The van der Waals surface area contributed by atoms with Crippen molar-refractivity contribution in [1.82, 2.24) is 9.97 Å². The van der Waals surface area contributed by atoms with Crippen LogP contribution >= 0.6 is 0 Å². The third-order valence-corrected chi connectivity index (χ3v) is 0.948. The number of carbonyl (C=O) groups is 1. The Kier molecular flexibility index (Phi) is 2.31. The number of nitrogens with zero attached hydrogens (tertiary/aromatic N) is 2. The highest BCUT2D eigenvalue weighted by atomic mass is 16.1. The quantitative estimate of drug-likeness (QED) is 0.441. The first-order chi connectivity index (χ1) is 4.93. The van der Waals surface area contributed by atoms with Crippen molar-refractivity contribution in [3.8, 4) is 0 Å². The van der Waals surface area contributed by atoms with Crippen LogP contribution in [0.25, 0.3) is 6.08 Å². The molecule has 0 spiro atoms. The van der Waals surface area contributed by atoms with Crippen LogP contribution in [0, 0.1) is 0 Å². The van der Waals surface area contributed by atoms with Crippen molar-refractivity contribution in [1.29, 1.82) is 0 Å². The molecule has 1 aromatic rings. The summed E-state index contributed by atoms with van der Waals surface area (Å²) < 4.78 is 0. The van der Waals surface area contributed by atoms with Crippen LogP contribution in [-0.2, 0) is 4.79 Å². The lowest BCUT2D eigenvalue weighted by molar-refractivity contribution is -0.104. The lowest BCUT2D eigenvalue weighted by atomic mass is 10.3. The molecule has 0 atom stereocenters. The number of aromatic nitrogens is 2. The van der Waals surface area contributed by atoms with E-state index in [-0.39, 0.29) is 0 Å². The predicted molar refractivity (Wildman–Crippen MR) is 37.1 cm³/mol. The molecule has 0 fully saturated rings. The van der Waals surface area contributed by atoms with Gasteiger partial charge in [-0.25, -0.2) is 9.97 Å². The summed E-state index contributed by atoms with van der Waals surface area (Å²) in [4.78, 5) is 17.4. The second-order valence-corrected chi connectivity index (χ2v) is 1.67. The van der Waals surface area contributed by atoms with Gasteiger partial charge in [-0.15, -0.1) is 0 Å². The fourth-order valence-corrected chi connectivity index (χ4v) is 0.547. The zero-order valence-electron chi connectivity index (χ0n) is 5.27. The molecule has 0 saturated carbocycles. The van der Waals surface area contributed by atoms with Gasteiger partial charge in [0, 0.05) is 18.0 Å². The van der Waals surface area contributed by atoms with E-state index in [4.69, 9.17) is 0 Å². The summed E-state index contributed by atoms with van der Waals surface area (Å²) in [6.07, 6.45) is 8.47. The van der Waals surface area contributed by atoms with Gasteiger partial charge >= 0.3 is 0 Å². The lowest BCUT2D eigenvalue weighted by Crippen LogP contribution is -1.77. The van der Waals surface area contributed by atoms with E-state index in [9.17, 15) is 4.79 Å². The van der Waals surface area contributed by atoms with E-state index < -0.39 is 0 Å². The Balaban J connectivity index is 2.76. The SMILES string of the molecule is O=C/C=C/c1cncnc1. The van der Waals surface area contributed by atoms with Gasteiger partial charge in [0.2, 0.25) is 0 Å². The third-order valence-electron chi connectivity index (χ3n) is 0.948. The maximum Gasteiger partial charge on any atom is 0.142 e. The molecule has 0 amide bonds. The number of allylic oxidation sites excluding steroid dienone is 1. The van der Waals surface area contributed by atoms with Crippen molar-refractivity contribution < 1.29 is 4.79 Å². The Morgan fingerprint density at radius 2 is 2.00 bits per heavy atom. The number of aldehydes is 1. The van der Waals surface area contributed by atoms with E-state index in [1.165, 1.54) is 12.4 Å². The summed E-state index contributed by atoms with van der Waals surface area (Å²) in [7, 11) is 0. The first-order valence-electron chi connectivity index (χ1n) is 2.80. The summed E-state index contributed by atoms with van der Waals surface area (Å²) in [6.45, 7) is 0. The second-order valence-electron chi connectivity index (χ2n) is 1.67. The number of carbonyl (C=O) groups excluding carboxylic acids is 1. The van der Waals surface area contributed by atoms with Crippen LogP contribution in [0.5, 0.6) is 0 Å². The Morgan fingerprint density at radius 1 is 1.30 bits per heavy atom. The average Bonchev–Trinajstić information content (AvgIpc) is 2.03. The van der Waals surface area contributed by atoms with Crippen LogP contribution in [0.4, 0.5) is 0 Å². The van der Waals surface area contributed by atoms with Crippen molar-refractivity contribution >= 4 is 12.4 Å². The van der Waals surface area contributed by atoms with E-state index in [1.807, 2.05) is 0 Å². The van der Waals surface area contributed by atoms with Gasteiger partial charge in [-0.2, -0.15) is 0 Å². The molecule has 0 aromatic carbocycles. The van der Waals surface area contributed by atoms with Crippen LogP contribution in [0.15, 0.2) is 24.8 Å². The minimum absolute atomic E-state index is 0.715. The van der Waals surface area contributed by atoms with Gasteiger partial charge in [-0.1, -0.05) is 0 Å². The average molecular weight is 134 g/mol. The molecule has 3 heteroatoms. The van der Waals surface area contributed by atoms with Crippen molar-refractivity contribution in [2.75, 3.05) is 0 Å². The van der Waals surface area contributed by atoms with Crippen molar-refractivity contribution in [3.05, 3.63) is 30.4 Å². The second kappa shape index (κ2) is 3.50. The number of hydrogen-bond donors (Lipinski definition) is 0. The van der Waals surface area contributed by atoms with Gasteiger partial charge in [-0.05, 0) is 12.2 Å². The molecule has 0 bridgehead atoms. The van der Waals surface area contributed by atoms with Crippen molar-refractivity contribution in [3.63, 3.8) is 0 Å².